The molecule has 204 valence electrons. The lowest BCUT2D eigenvalue weighted by atomic mass is 9.96. The van der Waals surface area contributed by atoms with Gasteiger partial charge < -0.3 is 25.6 Å². The summed E-state index contributed by atoms with van der Waals surface area (Å²) in [6.45, 7) is 1.46. The van der Waals surface area contributed by atoms with Crippen LogP contribution in [0.4, 0.5) is 21.9 Å². The minimum absolute atomic E-state index is 0.0671. The standard InChI is InChI=1S/C31H29N3O6/c1-19(35)20-11-13-21(14-12-20)33-31(38)40-30(24-15-16-27(36)23-8-4-3-7-22(23)24)28(39-2)17-18-29(37)34-26-10-6-5-9-25(26)32/h3-18,28,30,36H,32H2,1-2H3,(H,33,38)(H,34,37)/b18-17+/t28-,30-/m0/s1. The average Bonchev–Trinajstić information content (AvgIpc) is 2.95. The lowest BCUT2D eigenvalue weighted by molar-refractivity contribution is -0.112. The normalized spacial score (nSPS) is 12.6. The van der Waals surface area contributed by atoms with E-state index < -0.39 is 24.2 Å². The number of benzene rings is 4. The van der Waals surface area contributed by atoms with Gasteiger partial charge in [-0.25, -0.2) is 4.79 Å². The number of fused-ring (bicyclic) bond motifs is 1. The number of ketones is 1. The predicted octanol–water partition coefficient (Wildman–Crippen LogP) is 5.83. The summed E-state index contributed by atoms with van der Waals surface area (Å²) in [7, 11) is 1.43. The summed E-state index contributed by atoms with van der Waals surface area (Å²) in [6.07, 6.45) is 0.0680. The summed E-state index contributed by atoms with van der Waals surface area (Å²) >= 11 is 0. The number of carbonyl (C=O) groups excluding carboxylic acids is 3. The molecule has 40 heavy (non-hydrogen) atoms. The second-order valence-electron chi connectivity index (χ2n) is 8.94. The van der Waals surface area contributed by atoms with Gasteiger partial charge in [-0.05, 0) is 60.9 Å². The van der Waals surface area contributed by atoms with E-state index in [0.29, 0.717) is 39.0 Å². The third kappa shape index (κ3) is 6.64. The van der Waals surface area contributed by atoms with E-state index in [1.54, 1.807) is 78.9 Å². The molecule has 9 nitrogen and oxygen atoms in total. The smallest absolute Gasteiger partial charge is 0.412 e. The van der Waals surface area contributed by atoms with Crippen LogP contribution in [0, 0.1) is 0 Å². The molecule has 2 atom stereocenters. The van der Waals surface area contributed by atoms with Crippen LogP contribution >= 0.6 is 0 Å². The number of nitrogens with two attached hydrogens (primary N) is 1. The van der Waals surface area contributed by atoms with Crippen LogP contribution in [0.15, 0.2) is 97.1 Å². The van der Waals surface area contributed by atoms with Gasteiger partial charge in [-0.15, -0.1) is 0 Å². The van der Waals surface area contributed by atoms with Crippen molar-refractivity contribution < 1.29 is 29.0 Å². The number of methoxy groups -OCH3 is 1. The lowest BCUT2D eigenvalue weighted by Gasteiger charge is -2.26. The quantitative estimate of drug-likeness (QED) is 0.119. The number of phenolic OH excluding ortho intramolecular Hbond substituents is 1. The Hall–Kier alpha value is -5.15. The molecular weight excluding hydrogens is 510 g/mol. The van der Waals surface area contributed by atoms with Gasteiger partial charge in [0.15, 0.2) is 11.9 Å². The summed E-state index contributed by atoms with van der Waals surface area (Å²) in [5.41, 5.74) is 8.27. The Labute approximate surface area is 231 Å². The minimum Gasteiger partial charge on any atom is -0.507 e. The second-order valence-corrected chi connectivity index (χ2v) is 8.94. The van der Waals surface area contributed by atoms with Gasteiger partial charge in [-0.1, -0.05) is 42.5 Å². The largest absolute Gasteiger partial charge is 0.507 e. The molecule has 0 spiro atoms. The molecule has 0 bridgehead atoms. The van der Waals surface area contributed by atoms with Crippen LogP contribution in [0.25, 0.3) is 10.8 Å². The van der Waals surface area contributed by atoms with E-state index in [1.807, 2.05) is 0 Å². The molecular formula is C31H29N3O6. The number of nitrogens with one attached hydrogen (secondary N) is 2. The maximum Gasteiger partial charge on any atom is 0.412 e. The van der Waals surface area contributed by atoms with Gasteiger partial charge in [-0.3, -0.25) is 14.9 Å². The Morgan fingerprint density at radius 1 is 0.875 bits per heavy atom. The Morgan fingerprint density at radius 3 is 2.23 bits per heavy atom. The topological polar surface area (TPSA) is 140 Å². The van der Waals surface area contributed by atoms with Crippen molar-refractivity contribution in [3.05, 3.63) is 108 Å². The summed E-state index contributed by atoms with van der Waals surface area (Å²) in [6, 6.07) is 23.5. The van der Waals surface area contributed by atoms with Crippen LogP contribution in [0.1, 0.15) is 28.9 Å². The first-order valence-electron chi connectivity index (χ1n) is 12.4. The molecule has 9 heteroatoms. The van der Waals surface area contributed by atoms with E-state index in [0.717, 1.165) is 0 Å². The van der Waals surface area contributed by atoms with Crippen LogP contribution < -0.4 is 16.4 Å². The minimum atomic E-state index is -1.02. The van der Waals surface area contributed by atoms with E-state index in [2.05, 4.69) is 10.6 Å². The van der Waals surface area contributed by atoms with Gasteiger partial charge in [0, 0.05) is 35.4 Å². The maximum absolute atomic E-state index is 13.0. The van der Waals surface area contributed by atoms with Gasteiger partial charge in [0.1, 0.15) is 11.9 Å². The van der Waals surface area contributed by atoms with E-state index in [9.17, 15) is 19.5 Å². The van der Waals surface area contributed by atoms with Gasteiger partial charge in [-0.2, -0.15) is 0 Å². The molecule has 5 N–H and O–H groups in total. The molecule has 4 aromatic rings. The average molecular weight is 540 g/mol. The summed E-state index contributed by atoms with van der Waals surface area (Å²) in [4.78, 5) is 37.3. The first-order valence-corrected chi connectivity index (χ1v) is 12.4. The molecule has 0 saturated heterocycles. The van der Waals surface area contributed by atoms with Crippen LogP contribution in [-0.4, -0.2) is 36.1 Å². The van der Waals surface area contributed by atoms with Crippen LogP contribution in [0.3, 0.4) is 0 Å². The Balaban J connectivity index is 1.63. The number of anilines is 3. The molecule has 0 heterocycles. The first kappa shape index (κ1) is 27.9. The van der Waals surface area contributed by atoms with E-state index in [-0.39, 0.29) is 11.5 Å². The van der Waals surface area contributed by atoms with Crippen LogP contribution in [-0.2, 0) is 14.3 Å². The summed E-state index contributed by atoms with van der Waals surface area (Å²) in [5.74, 6) is -0.483. The van der Waals surface area contributed by atoms with Crippen LogP contribution in [0.5, 0.6) is 5.75 Å². The highest BCUT2D eigenvalue weighted by Crippen LogP contribution is 2.35. The van der Waals surface area contributed by atoms with Crippen molar-refractivity contribution in [2.75, 3.05) is 23.5 Å². The molecule has 0 aromatic heterocycles. The third-order valence-corrected chi connectivity index (χ3v) is 6.24. The molecule has 4 rings (SSSR count). The molecule has 0 aliphatic heterocycles. The number of amides is 2. The zero-order valence-corrected chi connectivity index (χ0v) is 22.0. The fraction of sp³-hybridized carbons (Fsp3) is 0.129. The van der Waals surface area contributed by atoms with E-state index in [1.165, 1.54) is 32.3 Å². The number of carbonyl (C=O) groups is 3. The number of ether oxygens (including phenoxy) is 2. The number of para-hydroxylation sites is 2. The highest BCUT2D eigenvalue weighted by molar-refractivity contribution is 6.01. The van der Waals surface area contributed by atoms with Crippen molar-refractivity contribution in [2.45, 2.75) is 19.1 Å². The summed E-state index contributed by atoms with van der Waals surface area (Å²) < 4.78 is 11.5. The predicted molar refractivity (Wildman–Crippen MR) is 154 cm³/mol. The number of hydrogen-bond acceptors (Lipinski definition) is 7. The zero-order chi connectivity index (χ0) is 28.6. The number of hydrogen-bond donors (Lipinski definition) is 4. The molecule has 0 unspecified atom stereocenters. The number of nitrogen functional groups attached to an aromatic ring is 1. The second kappa shape index (κ2) is 12.6. The van der Waals surface area contributed by atoms with E-state index in [4.69, 9.17) is 15.2 Å². The number of aromatic hydroxyl groups is 1. The number of phenols is 1. The highest BCUT2D eigenvalue weighted by atomic mass is 16.6. The molecule has 0 radical (unpaired) electrons. The van der Waals surface area contributed by atoms with Gasteiger partial charge >= 0.3 is 6.09 Å². The number of rotatable bonds is 9. The zero-order valence-electron chi connectivity index (χ0n) is 22.0. The van der Waals surface area contributed by atoms with Crippen molar-refractivity contribution in [3.63, 3.8) is 0 Å². The monoisotopic (exact) mass is 539 g/mol. The Kier molecular flexibility index (Phi) is 8.78. The lowest BCUT2D eigenvalue weighted by Crippen LogP contribution is -2.27. The third-order valence-electron chi connectivity index (χ3n) is 6.24. The van der Waals surface area contributed by atoms with Crippen molar-refractivity contribution in [1.82, 2.24) is 0 Å². The van der Waals surface area contributed by atoms with E-state index >= 15 is 0 Å². The molecule has 0 aliphatic carbocycles. The Morgan fingerprint density at radius 2 is 1.55 bits per heavy atom. The van der Waals surface area contributed by atoms with Crippen molar-refractivity contribution in [1.29, 1.82) is 0 Å². The maximum atomic E-state index is 13.0. The highest BCUT2D eigenvalue weighted by Gasteiger charge is 2.28. The molecule has 0 saturated carbocycles. The molecule has 0 aliphatic rings. The number of Topliss-reactive ketones (excluding diaryl/α,β-unsaturated/α-hetero) is 1. The van der Waals surface area contributed by atoms with Gasteiger partial charge in [0.2, 0.25) is 5.91 Å². The SMILES string of the molecule is CO[C@@H](/C=C/C(=O)Nc1ccccc1N)[C@@H](OC(=O)Nc1ccc(C(C)=O)cc1)c1ccc(O)c2ccccc12. The van der Waals surface area contributed by atoms with Crippen molar-refractivity contribution in [3.8, 4) is 5.75 Å². The first-order chi connectivity index (χ1) is 19.3. The Bertz CT molecular complexity index is 1570. The molecule has 4 aromatic carbocycles. The van der Waals surface area contributed by atoms with Crippen LogP contribution in [0.2, 0.25) is 0 Å². The molecule has 0 fully saturated rings. The fourth-order valence-corrected chi connectivity index (χ4v) is 4.18. The summed E-state index contributed by atoms with van der Waals surface area (Å²) in [5, 5.41) is 17.0. The van der Waals surface area contributed by atoms with Crippen molar-refractivity contribution >= 4 is 45.6 Å². The fourth-order valence-electron chi connectivity index (χ4n) is 4.18. The van der Waals surface area contributed by atoms with Crippen molar-refractivity contribution in [2.24, 2.45) is 0 Å². The van der Waals surface area contributed by atoms with Gasteiger partial charge in [0.25, 0.3) is 0 Å². The van der Waals surface area contributed by atoms with Gasteiger partial charge in [0.05, 0.1) is 11.4 Å². The molecule has 2 amide bonds.